The van der Waals surface area contributed by atoms with Crippen molar-refractivity contribution in [1.29, 1.82) is 0 Å². The molecule has 1 unspecified atom stereocenters. The third kappa shape index (κ3) is 3.13. The zero-order valence-corrected chi connectivity index (χ0v) is 11.7. The standard InChI is InChI=1S/C13H17NO4S/c1-13(2)7-10(13)8-14-19(17,18)11-5-3-4-9(6-11)12(15)16/h3-6,10,14H,7-8H2,1-2H3,(H,15,16). The second-order valence-electron chi connectivity index (χ2n) is 5.57. The molecule has 2 rings (SSSR count). The number of carboxylic acids is 1. The highest BCUT2D eigenvalue weighted by molar-refractivity contribution is 7.89. The Kier molecular flexibility index (Phi) is 3.40. The van der Waals surface area contributed by atoms with Gasteiger partial charge in [0.2, 0.25) is 10.0 Å². The summed E-state index contributed by atoms with van der Waals surface area (Å²) < 4.78 is 26.6. The van der Waals surface area contributed by atoms with Crippen LogP contribution >= 0.6 is 0 Å². The van der Waals surface area contributed by atoms with Crippen LogP contribution in [-0.2, 0) is 10.0 Å². The molecule has 1 atom stereocenters. The minimum atomic E-state index is -3.63. The molecule has 0 radical (unpaired) electrons. The first-order chi connectivity index (χ1) is 8.72. The highest BCUT2D eigenvalue weighted by Gasteiger charge is 2.45. The van der Waals surface area contributed by atoms with E-state index in [1.807, 2.05) is 0 Å². The SMILES string of the molecule is CC1(C)CC1CNS(=O)(=O)c1cccc(C(=O)O)c1. The van der Waals surface area contributed by atoms with Crippen LogP contribution in [0.25, 0.3) is 0 Å². The van der Waals surface area contributed by atoms with Crippen LogP contribution in [0.5, 0.6) is 0 Å². The average molecular weight is 283 g/mol. The number of aromatic carboxylic acids is 1. The van der Waals surface area contributed by atoms with E-state index in [2.05, 4.69) is 18.6 Å². The quantitative estimate of drug-likeness (QED) is 0.861. The summed E-state index contributed by atoms with van der Waals surface area (Å²) in [4.78, 5) is 10.8. The Hall–Kier alpha value is -1.40. The summed E-state index contributed by atoms with van der Waals surface area (Å²) in [5, 5.41) is 8.86. The van der Waals surface area contributed by atoms with Crippen molar-refractivity contribution in [3.8, 4) is 0 Å². The topological polar surface area (TPSA) is 83.5 Å². The van der Waals surface area contributed by atoms with Gasteiger partial charge in [-0.05, 0) is 36.0 Å². The van der Waals surface area contributed by atoms with Crippen molar-refractivity contribution in [2.24, 2.45) is 11.3 Å². The number of sulfonamides is 1. The van der Waals surface area contributed by atoms with Gasteiger partial charge in [0.05, 0.1) is 10.5 Å². The van der Waals surface area contributed by atoms with E-state index >= 15 is 0 Å². The first-order valence-corrected chi connectivity index (χ1v) is 7.54. The maximum atomic E-state index is 12.0. The van der Waals surface area contributed by atoms with Crippen LogP contribution in [0.2, 0.25) is 0 Å². The Labute approximate surface area is 112 Å². The summed E-state index contributed by atoms with van der Waals surface area (Å²) >= 11 is 0. The summed E-state index contributed by atoms with van der Waals surface area (Å²) in [6, 6.07) is 5.36. The molecule has 0 bridgehead atoms. The molecule has 5 nitrogen and oxygen atoms in total. The number of hydrogen-bond acceptors (Lipinski definition) is 3. The summed E-state index contributed by atoms with van der Waals surface area (Å²) in [7, 11) is -3.63. The van der Waals surface area contributed by atoms with Crippen molar-refractivity contribution in [1.82, 2.24) is 4.72 Å². The second-order valence-corrected chi connectivity index (χ2v) is 7.34. The van der Waals surface area contributed by atoms with Gasteiger partial charge in [0.25, 0.3) is 0 Å². The van der Waals surface area contributed by atoms with Gasteiger partial charge in [-0.1, -0.05) is 19.9 Å². The third-order valence-corrected chi connectivity index (χ3v) is 5.05. The maximum absolute atomic E-state index is 12.0. The van der Waals surface area contributed by atoms with Gasteiger partial charge >= 0.3 is 5.97 Å². The van der Waals surface area contributed by atoms with E-state index in [1.54, 1.807) is 0 Å². The Morgan fingerprint density at radius 2 is 2.11 bits per heavy atom. The van der Waals surface area contributed by atoms with E-state index in [4.69, 9.17) is 5.11 Å². The number of benzene rings is 1. The Morgan fingerprint density at radius 3 is 2.63 bits per heavy atom. The third-order valence-electron chi connectivity index (χ3n) is 3.63. The zero-order valence-electron chi connectivity index (χ0n) is 10.9. The van der Waals surface area contributed by atoms with Gasteiger partial charge in [0.1, 0.15) is 0 Å². The molecule has 1 aliphatic carbocycles. The number of nitrogens with one attached hydrogen (secondary N) is 1. The van der Waals surface area contributed by atoms with Crippen molar-refractivity contribution in [3.63, 3.8) is 0 Å². The molecular weight excluding hydrogens is 266 g/mol. The summed E-state index contributed by atoms with van der Waals surface area (Å²) in [5.41, 5.74) is 0.167. The number of carboxylic acid groups (broad SMARTS) is 1. The zero-order chi connectivity index (χ0) is 14.3. The lowest BCUT2D eigenvalue weighted by Gasteiger charge is -2.08. The van der Waals surface area contributed by atoms with E-state index < -0.39 is 16.0 Å². The van der Waals surface area contributed by atoms with Crippen molar-refractivity contribution in [2.45, 2.75) is 25.2 Å². The normalized spacial score (nSPS) is 21.1. The van der Waals surface area contributed by atoms with Crippen molar-refractivity contribution >= 4 is 16.0 Å². The Bertz CT molecular complexity index is 607. The lowest BCUT2D eigenvalue weighted by atomic mass is 10.1. The van der Waals surface area contributed by atoms with Crippen LogP contribution in [0.15, 0.2) is 29.2 Å². The molecule has 19 heavy (non-hydrogen) atoms. The van der Waals surface area contributed by atoms with Crippen LogP contribution in [-0.4, -0.2) is 26.0 Å². The Morgan fingerprint density at radius 1 is 1.47 bits per heavy atom. The predicted octanol–water partition coefficient (Wildman–Crippen LogP) is 1.71. The lowest BCUT2D eigenvalue weighted by molar-refractivity contribution is 0.0696. The maximum Gasteiger partial charge on any atom is 0.335 e. The fraction of sp³-hybridized carbons (Fsp3) is 0.462. The lowest BCUT2D eigenvalue weighted by Crippen LogP contribution is -2.27. The number of carbonyl (C=O) groups is 1. The molecule has 1 aromatic rings. The van der Waals surface area contributed by atoms with Crippen molar-refractivity contribution < 1.29 is 18.3 Å². The monoisotopic (exact) mass is 283 g/mol. The number of rotatable bonds is 5. The van der Waals surface area contributed by atoms with Gasteiger partial charge in [0.15, 0.2) is 0 Å². The summed E-state index contributed by atoms with van der Waals surface area (Å²) in [6.45, 7) is 4.58. The van der Waals surface area contributed by atoms with Crippen molar-refractivity contribution in [3.05, 3.63) is 29.8 Å². The molecule has 104 valence electrons. The molecule has 0 aromatic heterocycles. The van der Waals surface area contributed by atoms with Gasteiger partial charge in [0, 0.05) is 6.54 Å². The van der Waals surface area contributed by atoms with Crippen LogP contribution < -0.4 is 4.72 Å². The van der Waals surface area contributed by atoms with E-state index in [0.29, 0.717) is 12.5 Å². The van der Waals surface area contributed by atoms with Gasteiger partial charge < -0.3 is 5.11 Å². The van der Waals surface area contributed by atoms with E-state index in [1.165, 1.54) is 24.3 Å². The van der Waals surface area contributed by atoms with Crippen LogP contribution in [0.1, 0.15) is 30.6 Å². The molecule has 0 heterocycles. The summed E-state index contributed by atoms with van der Waals surface area (Å²) in [5.74, 6) is -0.787. The minimum absolute atomic E-state index is 0.00847. The number of hydrogen-bond donors (Lipinski definition) is 2. The average Bonchev–Trinajstić information content (AvgIpc) is 2.95. The molecule has 1 aliphatic rings. The molecule has 0 aliphatic heterocycles. The largest absolute Gasteiger partial charge is 0.478 e. The van der Waals surface area contributed by atoms with Gasteiger partial charge in [-0.2, -0.15) is 0 Å². The van der Waals surface area contributed by atoms with E-state index in [-0.39, 0.29) is 15.9 Å². The van der Waals surface area contributed by atoms with Crippen LogP contribution in [0, 0.1) is 11.3 Å². The van der Waals surface area contributed by atoms with Gasteiger partial charge in [-0.25, -0.2) is 17.9 Å². The molecule has 1 saturated carbocycles. The van der Waals surface area contributed by atoms with E-state index in [9.17, 15) is 13.2 Å². The van der Waals surface area contributed by atoms with Crippen LogP contribution in [0.4, 0.5) is 0 Å². The molecular formula is C13H17NO4S. The molecule has 1 fully saturated rings. The minimum Gasteiger partial charge on any atom is -0.478 e. The first kappa shape index (κ1) is 14.0. The van der Waals surface area contributed by atoms with Gasteiger partial charge in [-0.15, -0.1) is 0 Å². The molecule has 1 aromatic carbocycles. The smallest absolute Gasteiger partial charge is 0.335 e. The van der Waals surface area contributed by atoms with Crippen LogP contribution in [0.3, 0.4) is 0 Å². The van der Waals surface area contributed by atoms with E-state index in [0.717, 1.165) is 6.42 Å². The fourth-order valence-corrected chi connectivity index (χ4v) is 3.14. The second kappa shape index (κ2) is 4.61. The fourth-order valence-electron chi connectivity index (χ4n) is 2.01. The molecule has 2 N–H and O–H groups in total. The summed E-state index contributed by atoms with van der Waals surface area (Å²) in [6.07, 6.45) is 1.00. The molecule has 6 heteroatoms. The highest BCUT2D eigenvalue weighted by atomic mass is 32.2. The predicted molar refractivity (Wildman–Crippen MR) is 70.5 cm³/mol. The first-order valence-electron chi connectivity index (χ1n) is 6.05. The van der Waals surface area contributed by atoms with Gasteiger partial charge in [-0.3, -0.25) is 0 Å². The van der Waals surface area contributed by atoms with Crippen molar-refractivity contribution in [2.75, 3.05) is 6.54 Å². The molecule has 0 spiro atoms. The highest BCUT2D eigenvalue weighted by Crippen LogP contribution is 2.51. The molecule has 0 saturated heterocycles. The Balaban J connectivity index is 2.11. The molecule has 0 amide bonds.